The Labute approximate surface area is 155 Å². The Morgan fingerprint density at radius 1 is 1.00 bits per heavy atom. The third kappa shape index (κ3) is 3.73. The first kappa shape index (κ1) is 16.3. The van der Waals surface area contributed by atoms with E-state index in [9.17, 15) is 4.79 Å². The Balaban J connectivity index is 1.45. The molecule has 2 aromatic carbocycles. The Morgan fingerprint density at radius 2 is 1.81 bits per heavy atom. The van der Waals surface area contributed by atoms with E-state index in [1.165, 1.54) is 11.3 Å². The van der Waals surface area contributed by atoms with Crippen LogP contribution in [0.2, 0.25) is 0 Å². The molecule has 4 nitrogen and oxygen atoms in total. The fraction of sp³-hybridized carbons (Fsp3) is 0.0476. The third-order valence-electron chi connectivity index (χ3n) is 3.78. The van der Waals surface area contributed by atoms with Gasteiger partial charge in [-0.2, -0.15) is 0 Å². The molecule has 0 bridgehead atoms. The minimum atomic E-state index is -0.433. The quantitative estimate of drug-likeness (QED) is 0.490. The van der Waals surface area contributed by atoms with E-state index in [0.29, 0.717) is 18.2 Å². The van der Waals surface area contributed by atoms with Crippen LogP contribution in [0, 0.1) is 0 Å². The van der Waals surface area contributed by atoms with Gasteiger partial charge in [-0.25, -0.2) is 9.79 Å². The number of carbonyl (C=O) groups excluding carboxylic acids is 1. The molecule has 0 radical (unpaired) electrons. The third-order valence-corrected chi connectivity index (χ3v) is 4.64. The maximum absolute atomic E-state index is 12.0. The smallest absolute Gasteiger partial charge is 0.363 e. The molecule has 3 aromatic rings. The number of ether oxygens (including phenoxy) is 2. The van der Waals surface area contributed by atoms with Crippen molar-refractivity contribution in [3.8, 4) is 5.75 Å². The van der Waals surface area contributed by atoms with Crippen LogP contribution in [-0.2, 0) is 16.1 Å². The minimum Gasteiger partial charge on any atom is -0.489 e. The summed E-state index contributed by atoms with van der Waals surface area (Å²) >= 11 is 1.48. The molecule has 2 heterocycles. The molecular weight excluding hydrogens is 346 g/mol. The molecule has 0 amide bonds. The van der Waals surface area contributed by atoms with E-state index in [1.807, 2.05) is 72.1 Å². The number of cyclic esters (lactones) is 1. The topological polar surface area (TPSA) is 47.9 Å². The predicted octanol–water partition coefficient (Wildman–Crippen LogP) is 4.67. The Bertz CT molecular complexity index is 958. The van der Waals surface area contributed by atoms with Crippen LogP contribution < -0.4 is 4.74 Å². The number of hydrogen-bond donors (Lipinski definition) is 0. The van der Waals surface area contributed by atoms with Crippen LogP contribution in [0.15, 0.2) is 82.8 Å². The van der Waals surface area contributed by atoms with Crippen molar-refractivity contribution in [3.05, 3.63) is 93.8 Å². The van der Waals surface area contributed by atoms with Gasteiger partial charge in [0, 0.05) is 0 Å². The van der Waals surface area contributed by atoms with Crippen molar-refractivity contribution in [1.29, 1.82) is 0 Å². The van der Waals surface area contributed by atoms with Crippen LogP contribution in [0.5, 0.6) is 5.75 Å². The molecule has 0 saturated carbocycles. The first-order chi connectivity index (χ1) is 12.8. The molecule has 0 aliphatic carbocycles. The van der Waals surface area contributed by atoms with Crippen LogP contribution >= 0.6 is 11.3 Å². The number of carbonyl (C=O) groups is 1. The van der Waals surface area contributed by atoms with Gasteiger partial charge in [-0.3, -0.25) is 0 Å². The lowest BCUT2D eigenvalue weighted by atomic mass is 10.2. The fourth-order valence-corrected chi connectivity index (χ4v) is 3.12. The van der Waals surface area contributed by atoms with Gasteiger partial charge in [0.15, 0.2) is 5.70 Å². The largest absolute Gasteiger partial charge is 0.489 e. The molecular formula is C21H15NO3S. The van der Waals surface area contributed by atoms with Crippen molar-refractivity contribution in [3.63, 3.8) is 0 Å². The lowest BCUT2D eigenvalue weighted by Gasteiger charge is -2.06. The zero-order valence-corrected chi connectivity index (χ0v) is 14.6. The number of rotatable bonds is 5. The standard InChI is InChI=1S/C21H15NO3S/c23-21-18(22-20(25-21)19-7-4-12-26-19)13-15-8-10-17(11-9-15)24-14-16-5-2-1-3-6-16/h1-13H,14H2. The summed E-state index contributed by atoms with van der Waals surface area (Å²) < 4.78 is 11.0. The molecule has 0 atom stereocenters. The summed E-state index contributed by atoms with van der Waals surface area (Å²) in [6, 6.07) is 21.3. The average molecular weight is 361 g/mol. The predicted molar refractivity (Wildman–Crippen MR) is 102 cm³/mol. The van der Waals surface area contributed by atoms with Gasteiger partial charge in [-0.15, -0.1) is 11.3 Å². The Morgan fingerprint density at radius 3 is 2.54 bits per heavy atom. The fourth-order valence-electron chi connectivity index (χ4n) is 2.47. The van der Waals surface area contributed by atoms with E-state index in [-0.39, 0.29) is 0 Å². The number of benzene rings is 2. The summed E-state index contributed by atoms with van der Waals surface area (Å²) in [6.45, 7) is 0.516. The van der Waals surface area contributed by atoms with Crippen LogP contribution in [0.1, 0.15) is 16.0 Å². The van der Waals surface area contributed by atoms with Crippen molar-refractivity contribution < 1.29 is 14.3 Å². The van der Waals surface area contributed by atoms with Gasteiger partial charge in [0.05, 0.1) is 4.88 Å². The van der Waals surface area contributed by atoms with Crippen LogP contribution in [-0.4, -0.2) is 11.9 Å². The summed E-state index contributed by atoms with van der Waals surface area (Å²) in [7, 11) is 0. The maximum atomic E-state index is 12.0. The highest BCUT2D eigenvalue weighted by atomic mass is 32.1. The van der Waals surface area contributed by atoms with Gasteiger partial charge in [-0.1, -0.05) is 48.5 Å². The first-order valence-electron chi connectivity index (χ1n) is 8.11. The van der Waals surface area contributed by atoms with Crippen molar-refractivity contribution in [2.24, 2.45) is 4.99 Å². The second-order valence-corrected chi connectivity index (χ2v) is 6.60. The molecule has 0 spiro atoms. The summed E-state index contributed by atoms with van der Waals surface area (Å²) in [6.07, 6.45) is 1.71. The number of aliphatic imine (C=N–C) groups is 1. The van der Waals surface area contributed by atoms with E-state index in [4.69, 9.17) is 9.47 Å². The van der Waals surface area contributed by atoms with Crippen LogP contribution in [0.4, 0.5) is 0 Å². The first-order valence-corrected chi connectivity index (χ1v) is 8.99. The zero-order chi connectivity index (χ0) is 17.8. The average Bonchev–Trinajstić information content (AvgIpc) is 3.32. The van der Waals surface area contributed by atoms with Gasteiger partial charge in [0.1, 0.15) is 12.4 Å². The molecule has 128 valence electrons. The number of thiophene rings is 1. The number of esters is 1. The summed E-state index contributed by atoms with van der Waals surface area (Å²) in [5, 5.41) is 1.92. The molecule has 1 aromatic heterocycles. The van der Waals surface area contributed by atoms with Crippen molar-refractivity contribution in [2.45, 2.75) is 6.61 Å². The SMILES string of the molecule is O=C1OC(c2cccs2)=NC1=Cc1ccc(OCc2ccccc2)cc1. The van der Waals surface area contributed by atoms with Gasteiger partial charge >= 0.3 is 5.97 Å². The molecule has 0 unspecified atom stereocenters. The number of nitrogens with zero attached hydrogens (tertiary/aromatic N) is 1. The second kappa shape index (κ2) is 7.37. The van der Waals surface area contributed by atoms with E-state index < -0.39 is 5.97 Å². The molecule has 0 fully saturated rings. The lowest BCUT2D eigenvalue weighted by molar-refractivity contribution is -0.129. The monoisotopic (exact) mass is 361 g/mol. The normalized spacial score (nSPS) is 15.0. The maximum Gasteiger partial charge on any atom is 0.363 e. The van der Waals surface area contributed by atoms with Gasteiger partial charge < -0.3 is 9.47 Å². The molecule has 0 N–H and O–H groups in total. The van der Waals surface area contributed by atoms with Crippen LogP contribution in [0.25, 0.3) is 6.08 Å². The van der Waals surface area contributed by atoms with E-state index in [1.54, 1.807) is 6.08 Å². The summed E-state index contributed by atoms with van der Waals surface area (Å²) in [4.78, 5) is 17.1. The van der Waals surface area contributed by atoms with Gasteiger partial charge in [0.25, 0.3) is 0 Å². The van der Waals surface area contributed by atoms with E-state index in [0.717, 1.165) is 21.8 Å². The molecule has 1 aliphatic heterocycles. The molecule has 5 heteroatoms. The van der Waals surface area contributed by atoms with Crippen molar-refractivity contribution in [2.75, 3.05) is 0 Å². The summed E-state index contributed by atoms with van der Waals surface area (Å²) in [5.74, 6) is 0.699. The highest BCUT2D eigenvalue weighted by Crippen LogP contribution is 2.22. The van der Waals surface area contributed by atoms with Crippen molar-refractivity contribution in [1.82, 2.24) is 0 Å². The Kier molecular flexibility index (Phi) is 4.62. The van der Waals surface area contributed by atoms with Crippen molar-refractivity contribution >= 4 is 29.3 Å². The molecule has 1 aliphatic rings. The summed E-state index contributed by atoms with van der Waals surface area (Å²) in [5.41, 5.74) is 2.27. The van der Waals surface area contributed by atoms with E-state index >= 15 is 0 Å². The van der Waals surface area contributed by atoms with Crippen LogP contribution in [0.3, 0.4) is 0 Å². The molecule has 26 heavy (non-hydrogen) atoms. The van der Waals surface area contributed by atoms with Gasteiger partial charge in [0.2, 0.25) is 5.90 Å². The molecule has 0 saturated heterocycles. The second-order valence-electron chi connectivity index (χ2n) is 5.66. The number of hydrogen-bond acceptors (Lipinski definition) is 5. The zero-order valence-electron chi connectivity index (χ0n) is 13.8. The minimum absolute atomic E-state index is 0.298. The lowest BCUT2D eigenvalue weighted by Crippen LogP contribution is -2.03. The van der Waals surface area contributed by atoms with Gasteiger partial charge in [-0.05, 0) is 40.8 Å². The highest BCUT2D eigenvalue weighted by molar-refractivity contribution is 7.12. The highest BCUT2D eigenvalue weighted by Gasteiger charge is 2.24. The Hall–Kier alpha value is -3.18. The van der Waals surface area contributed by atoms with E-state index in [2.05, 4.69) is 4.99 Å². The molecule has 4 rings (SSSR count).